The number of carbonyl (C=O) groups excluding carboxylic acids is 1. The molecule has 0 atom stereocenters. The van der Waals surface area contributed by atoms with Crippen LogP contribution in [0, 0.1) is 13.8 Å². The Morgan fingerprint density at radius 3 is 2.48 bits per heavy atom. The van der Waals surface area contributed by atoms with Crippen LogP contribution >= 0.6 is 0 Å². The van der Waals surface area contributed by atoms with Gasteiger partial charge in [0.15, 0.2) is 0 Å². The average Bonchev–Trinajstić information content (AvgIpc) is 2.68. The van der Waals surface area contributed by atoms with Gasteiger partial charge in [0.2, 0.25) is 5.91 Å². The molecule has 1 amide bonds. The van der Waals surface area contributed by atoms with Gasteiger partial charge in [-0.3, -0.25) is 4.79 Å². The summed E-state index contributed by atoms with van der Waals surface area (Å²) in [6.07, 6.45) is 5.02. The number of anilines is 2. The van der Waals surface area contributed by atoms with Gasteiger partial charge in [0.1, 0.15) is 5.75 Å². The zero-order chi connectivity index (χ0) is 19.1. The quantitative estimate of drug-likeness (QED) is 0.694. The monoisotopic (exact) mass is 366 g/mol. The first-order valence-corrected chi connectivity index (χ1v) is 9.97. The number of nitrogens with zero attached hydrogens (tertiary/aromatic N) is 1. The number of nitrogens with one attached hydrogen (secondary N) is 1. The minimum absolute atomic E-state index is 0.0324. The molecule has 4 nitrogen and oxygen atoms in total. The second-order valence-corrected chi connectivity index (χ2v) is 7.36. The van der Waals surface area contributed by atoms with Gasteiger partial charge < -0.3 is 15.0 Å². The number of piperidine rings is 1. The fourth-order valence-corrected chi connectivity index (χ4v) is 3.51. The van der Waals surface area contributed by atoms with E-state index in [0.29, 0.717) is 19.4 Å². The maximum Gasteiger partial charge on any atom is 0.224 e. The second kappa shape index (κ2) is 9.45. The van der Waals surface area contributed by atoms with Crippen LogP contribution in [0.3, 0.4) is 0 Å². The highest BCUT2D eigenvalue weighted by atomic mass is 16.5. The molecule has 27 heavy (non-hydrogen) atoms. The van der Waals surface area contributed by atoms with E-state index in [1.165, 1.54) is 30.5 Å². The van der Waals surface area contributed by atoms with E-state index < -0.39 is 0 Å². The summed E-state index contributed by atoms with van der Waals surface area (Å²) in [5.41, 5.74) is 4.46. The van der Waals surface area contributed by atoms with Crippen LogP contribution in [0.15, 0.2) is 42.5 Å². The molecule has 0 bridgehead atoms. The van der Waals surface area contributed by atoms with E-state index in [1.807, 2.05) is 31.2 Å². The van der Waals surface area contributed by atoms with Gasteiger partial charge >= 0.3 is 0 Å². The Morgan fingerprint density at radius 2 is 1.78 bits per heavy atom. The first kappa shape index (κ1) is 19.3. The molecule has 1 saturated heterocycles. The van der Waals surface area contributed by atoms with Gasteiger partial charge in [-0.05, 0) is 75.4 Å². The summed E-state index contributed by atoms with van der Waals surface area (Å²) in [5, 5.41) is 2.98. The normalized spacial score (nSPS) is 14.1. The molecule has 0 spiro atoms. The molecule has 1 aliphatic rings. The predicted molar refractivity (Wildman–Crippen MR) is 112 cm³/mol. The summed E-state index contributed by atoms with van der Waals surface area (Å²) in [6, 6.07) is 14.3. The van der Waals surface area contributed by atoms with E-state index in [0.717, 1.165) is 30.1 Å². The van der Waals surface area contributed by atoms with Crippen molar-refractivity contribution in [3.05, 3.63) is 53.6 Å². The number of carbonyl (C=O) groups is 1. The van der Waals surface area contributed by atoms with E-state index in [2.05, 4.69) is 35.3 Å². The van der Waals surface area contributed by atoms with Gasteiger partial charge in [0.05, 0.1) is 6.61 Å². The second-order valence-electron chi connectivity index (χ2n) is 7.36. The summed E-state index contributed by atoms with van der Waals surface area (Å²) in [5.74, 6) is 0.930. The van der Waals surface area contributed by atoms with Gasteiger partial charge in [0.25, 0.3) is 0 Å². The van der Waals surface area contributed by atoms with Crippen molar-refractivity contribution >= 4 is 17.3 Å². The van der Waals surface area contributed by atoms with E-state index >= 15 is 0 Å². The number of hydrogen-bond acceptors (Lipinski definition) is 3. The van der Waals surface area contributed by atoms with Crippen LogP contribution in [0.5, 0.6) is 5.75 Å². The molecule has 1 aliphatic heterocycles. The zero-order valence-corrected chi connectivity index (χ0v) is 16.5. The van der Waals surface area contributed by atoms with Gasteiger partial charge in [0, 0.05) is 30.9 Å². The molecular weight excluding hydrogens is 336 g/mol. The Hall–Kier alpha value is -2.49. The molecule has 0 radical (unpaired) electrons. The van der Waals surface area contributed by atoms with Crippen LogP contribution < -0.4 is 15.0 Å². The summed E-state index contributed by atoms with van der Waals surface area (Å²) in [4.78, 5) is 14.6. The highest BCUT2D eigenvalue weighted by molar-refractivity contribution is 5.90. The van der Waals surface area contributed by atoms with Gasteiger partial charge in [-0.25, -0.2) is 0 Å². The van der Waals surface area contributed by atoms with Crippen molar-refractivity contribution in [1.29, 1.82) is 0 Å². The maximum absolute atomic E-state index is 12.1. The van der Waals surface area contributed by atoms with Crippen molar-refractivity contribution in [3.8, 4) is 5.75 Å². The summed E-state index contributed by atoms with van der Waals surface area (Å²) in [6.45, 7) is 6.92. The van der Waals surface area contributed by atoms with Crippen LogP contribution in [0.25, 0.3) is 0 Å². The van der Waals surface area contributed by atoms with Crippen LogP contribution in [-0.2, 0) is 4.79 Å². The first-order valence-electron chi connectivity index (χ1n) is 9.97. The molecule has 2 aromatic carbocycles. The third-order valence-electron chi connectivity index (χ3n) is 5.01. The largest absolute Gasteiger partial charge is 0.493 e. The van der Waals surface area contributed by atoms with Crippen molar-refractivity contribution in [2.45, 2.75) is 46.0 Å². The molecule has 0 aliphatic carbocycles. The van der Waals surface area contributed by atoms with E-state index in [-0.39, 0.29) is 5.91 Å². The third kappa shape index (κ3) is 5.75. The lowest BCUT2D eigenvalue weighted by Crippen LogP contribution is -2.29. The molecule has 1 N–H and O–H groups in total. The Morgan fingerprint density at radius 1 is 1.04 bits per heavy atom. The molecule has 2 aromatic rings. The predicted octanol–water partition coefficient (Wildman–Crippen LogP) is 5.09. The third-order valence-corrected chi connectivity index (χ3v) is 5.01. The zero-order valence-electron chi connectivity index (χ0n) is 16.5. The maximum atomic E-state index is 12.1. The fourth-order valence-electron chi connectivity index (χ4n) is 3.51. The number of benzene rings is 2. The first-order chi connectivity index (χ1) is 13.1. The molecule has 3 rings (SSSR count). The van der Waals surface area contributed by atoms with Crippen LogP contribution in [0.2, 0.25) is 0 Å². The van der Waals surface area contributed by atoms with E-state index in [1.54, 1.807) is 0 Å². The summed E-state index contributed by atoms with van der Waals surface area (Å²) < 4.78 is 5.79. The van der Waals surface area contributed by atoms with Crippen molar-refractivity contribution in [3.63, 3.8) is 0 Å². The highest BCUT2D eigenvalue weighted by Gasteiger charge is 2.11. The Bertz CT molecular complexity index is 749. The van der Waals surface area contributed by atoms with Gasteiger partial charge in [-0.1, -0.05) is 17.7 Å². The number of rotatable bonds is 7. The number of ether oxygens (including phenoxy) is 1. The Balaban J connectivity index is 1.40. The molecule has 0 aromatic heterocycles. The van der Waals surface area contributed by atoms with Crippen molar-refractivity contribution in [2.24, 2.45) is 0 Å². The standard InChI is InChI=1S/C23H30N2O2/c1-18-8-13-22(19(2)17-18)27-16-6-7-23(26)24-20-9-11-21(12-10-20)25-14-4-3-5-15-25/h8-13,17H,3-7,14-16H2,1-2H3,(H,24,26). The minimum Gasteiger partial charge on any atom is -0.493 e. The Kier molecular flexibility index (Phi) is 6.74. The average molecular weight is 367 g/mol. The Labute approximate surface area is 162 Å². The SMILES string of the molecule is Cc1ccc(OCCCC(=O)Nc2ccc(N3CCCCC3)cc2)c(C)c1. The minimum atomic E-state index is 0.0324. The molecule has 1 fully saturated rings. The smallest absolute Gasteiger partial charge is 0.224 e. The fraction of sp³-hybridized carbons (Fsp3) is 0.435. The van der Waals surface area contributed by atoms with Crippen molar-refractivity contribution in [2.75, 3.05) is 29.9 Å². The number of amides is 1. The van der Waals surface area contributed by atoms with E-state index in [4.69, 9.17) is 4.74 Å². The molecule has 0 unspecified atom stereocenters. The van der Waals surface area contributed by atoms with Crippen LogP contribution in [0.1, 0.15) is 43.2 Å². The van der Waals surface area contributed by atoms with Crippen molar-refractivity contribution in [1.82, 2.24) is 0 Å². The van der Waals surface area contributed by atoms with Gasteiger partial charge in [-0.2, -0.15) is 0 Å². The number of aryl methyl sites for hydroxylation is 2. The lowest BCUT2D eigenvalue weighted by Gasteiger charge is -2.28. The lowest BCUT2D eigenvalue weighted by molar-refractivity contribution is -0.116. The summed E-state index contributed by atoms with van der Waals surface area (Å²) in [7, 11) is 0. The molecule has 0 saturated carbocycles. The molecular formula is C23H30N2O2. The summed E-state index contributed by atoms with van der Waals surface area (Å²) >= 11 is 0. The van der Waals surface area contributed by atoms with Crippen LogP contribution in [0.4, 0.5) is 11.4 Å². The molecule has 1 heterocycles. The highest BCUT2D eigenvalue weighted by Crippen LogP contribution is 2.22. The van der Waals surface area contributed by atoms with Gasteiger partial charge in [-0.15, -0.1) is 0 Å². The van der Waals surface area contributed by atoms with Crippen molar-refractivity contribution < 1.29 is 9.53 Å². The molecule has 4 heteroatoms. The lowest BCUT2D eigenvalue weighted by atomic mass is 10.1. The molecule has 144 valence electrons. The topological polar surface area (TPSA) is 41.6 Å². The number of hydrogen-bond donors (Lipinski definition) is 1. The van der Waals surface area contributed by atoms with Crippen LogP contribution in [-0.4, -0.2) is 25.6 Å². The van der Waals surface area contributed by atoms with E-state index in [9.17, 15) is 4.79 Å².